The second-order valence-electron chi connectivity index (χ2n) is 1.55. The standard InChI is InChI=1S/C3H8N2.C2H6N2.ClH/c1-3(4)5-2;1-2(3)4;/h1-2H3,(H2,4,5);1H3,(H3,3,4);1H. The molecule has 0 aliphatic rings. The van der Waals surface area contributed by atoms with Crippen LogP contribution >= 0.6 is 12.4 Å². The molecule has 62 valence electrons. The topological polar surface area (TPSA) is 88.2 Å². The Morgan fingerprint density at radius 3 is 1.40 bits per heavy atom. The van der Waals surface area contributed by atoms with E-state index in [0.29, 0.717) is 5.84 Å². The zero-order chi connectivity index (χ0) is 7.86. The lowest BCUT2D eigenvalue weighted by Gasteiger charge is -1.76. The molecule has 0 bridgehead atoms. The maximum atomic E-state index is 6.28. The van der Waals surface area contributed by atoms with E-state index in [-0.39, 0.29) is 18.2 Å². The van der Waals surface area contributed by atoms with E-state index in [9.17, 15) is 0 Å². The summed E-state index contributed by atoms with van der Waals surface area (Å²) in [6, 6.07) is 0. The van der Waals surface area contributed by atoms with Gasteiger partial charge in [-0.1, -0.05) is 0 Å². The van der Waals surface area contributed by atoms with Gasteiger partial charge in [0.15, 0.2) is 0 Å². The van der Waals surface area contributed by atoms with Crippen LogP contribution in [0, 0.1) is 5.41 Å². The van der Waals surface area contributed by atoms with Crippen LogP contribution in [0.3, 0.4) is 0 Å². The van der Waals surface area contributed by atoms with Crippen molar-refractivity contribution in [3.05, 3.63) is 0 Å². The van der Waals surface area contributed by atoms with Crippen molar-refractivity contribution < 1.29 is 0 Å². The highest BCUT2D eigenvalue weighted by atomic mass is 35.5. The molecule has 0 radical (unpaired) electrons. The summed E-state index contributed by atoms with van der Waals surface area (Å²) < 4.78 is 0. The Hall–Kier alpha value is -0.770. The van der Waals surface area contributed by atoms with Gasteiger partial charge in [0.05, 0.1) is 11.7 Å². The summed E-state index contributed by atoms with van der Waals surface area (Å²) in [5, 5.41) is 6.28. The van der Waals surface area contributed by atoms with E-state index in [2.05, 4.69) is 4.99 Å². The summed E-state index contributed by atoms with van der Waals surface area (Å²) in [7, 11) is 1.66. The highest BCUT2D eigenvalue weighted by Gasteiger charge is 1.61. The van der Waals surface area contributed by atoms with Gasteiger partial charge in [-0.3, -0.25) is 10.4 Å². The van der Waals surface area contributed by atoms with Crippen LogP contribution < -0.4 is 11.5 Å². The zero-order valence-electron chi connectivity index (χ0n) is 6.51. The Bertz CT molecular complexity index is 102. The fraction of sp³-hybridized carbons (Fsp3) is 0.600. The zero-order valence-corrected chi connectivity index (χ0v) is 7.33. The third-order valence-electron chi connectivity index (χ3n) is 0.353. The molecule has 5 N–H and O–H groups in total. The number of hydrogen-bond donors (Lipinski definition) is 3. The number of nitrogens with one attached hydrogen (secondary N) is 1. The molecule has 0 saturated carbocycles. The molecule has 0 aliphatic heterocycles. The third kappa shape index (κ3) is 185. The molecule has 0 aromatic carbocycles. The first-order valence-corrected chi connectivity index (χ1v) is 2.50. The molecular formula is C5H15ClN4. The first kappa shape index (κ1) is 16.1. The van der Waals surface area contributed by atoms with Gasteiger partial charge in [-0.15, -0.1) is 12.4 Å². The summed E-state index contributed by atoms with van der Waals surface area (Å²) in [5.41, 5.74) is 9.74. The summed E-state index contributed by atoms with van der Waals surface area (Å²) in [6.45, 7) is 3.28. The van der Waals surface area contributed by atoms with E-state index in [1.165, 1.54) is 6.92 Å². The summed E-state index contributed by atoms with van der Waals surface area (Å²) in [5.74, 6) is 0.796. The molecule has 5 heteroatoms. The average Bonchev–Trinajstić information content (AvgIpc) is 1.65. The number of nitrogens with two attached hydrogens (primary N) is 2. The summed E-state index contributed by atoms with van der Waals surface area (Å²) in [4.78, 5) is 3.58. The van der Waals surface area contributed by atoms with Gasteiger partial charge in [-0.05, 0) is 13.8 Å². The molecule has 0 spiro atoms. The van der Waals surface area contributed by atoms with Gasteiger partial charge < -0.3 is 11.5 Å². The van der Waals surface area contributed by atoms with Crippen molar-refractivity contribution >= 4 is 24.1 Å². The molecule has 0 aliphatic carbocycles. The van der Waals surface area contributed by atoms with E-state index < -0.39 is 0 Å². The van der Waals surface area contributed by atoms with Crippen molar-refractivity contribution in [2.45, 2.75) is 13.8 Å². The molecule has 0 aromatic heterocycles. The molecule has 10 heavy (non-hydrogen) atoms. The van der Waals surface area contributed by atoms with Crippen molar-refractivity contribution in [2.75, 3.05) is 7.05 Å². The highest BCUT2D eigenvalue weighted by molar-refractivity contribution is 5.85. The fourth-order valence-electron chi connectivity index (χ4n) is 0. The Labute approximate surface area is 67.6 Å². The first-order chi connectivity index (χ1) is 4.00. The lowest BCUT2D eigenvalue weighted by atomic mass is 10.7. The average molecular weight is 167 g/mol. The Morgan fingerprint density at radius 2 is 1.40 bits per heavy atom. The van der Waals surface area contributed by atoms with E-state index in [4.69, 9.17) is 16.9 Å². The van der Waals surface area contributed by atoms with Crippen LogP contribution in [0.2, 0.25) is 0 Å². The highest BCUT2D eigenvalue weighted by Crippen LogP contribution is 1.52. The molecule has 0 rings (SSSR count). The molecule has 0 aromatic rings. The predicted molar refractivity (Wildman–Crippen MR) is 48.1 cm³/mol. The second-order valence-corrected chi connectivity index (χ2v) is 1.55. The lowest BCUT2D eigenvalue weighted by molar-refractivity contribution is 1.38. The SMILES string of the molecule is CC(=N)N.CN=C(C)N.Cl. The molecular weight excluding hydrogens is 152 g/mol. The van der Waals surface area contributed by atoms with Crippen LogP contribution in [-0.2, 0) is 0 Å². The fourth-order valence-corrected chi connectivity index (χ4v) is 0. The third-order valence-corrected chi connectivity index (χ3v) is 0.353. The van der Waals surface area contributed by atoms with E-state index >= 15 is 0 Å². The Balaban J connectivity index is -0.0000000910. The second kappa shape index (κ2) is 11.1. The summed E-state index contributed by atoms with van der Waals surface area (Å²) in [6.07, 6.45) is 0. The van der Waals surface area contributed by atoms with Gasteiger partial charge in [0.2, 0.25) is 0 Å². The van der Waals surface area contributed by atoms with Crippen LogP contribution in [0.15, 0.2) is 4.99 Å². The van der Waals surface area contributed by atoms with Crippen LogP contribution in [0.25, 0.3) is 0 Å². The molecule has 0 unspecified atom stereocenters. The molecule has 0 atom stereocenters. The number of aliphatic imine (C=N–C) groups is 1. The van der Waals surface area contributed by atoms with Crippen LogP contribution in [-0.4, -0.2) is 18.7 Å². The normalized spacial score (nSPS) is 8.50. The largest absolute Gasteiger partial charge is 0.388 e. The quantitative estimate of drug-likeness (QED) is 0.358. The van der Waals surface area contributed by atoms with Crippen molar-refractivity contribution in [3.8, 4) is 0 Å². The van der Waals surface area contributed by atoms with Gasteiger partial charge in [0, 0.05) is 7.05 Å². The number of rotatable bonds is 0. The van der Waals surface area contributed by atoms with Crippen molar-refractivity contribution in [1.82, 2.24) is 0 Å². The van der Waals surface area contributed by atoms with Gasteiger partial charge in [-0.25, -0.2) is 0 Å². The molecule has 0 heterocycles. The number of amidine groups is 2. The van der Waals surface area contributed by atoms with Crippen molar-refractivity contribution in [3.63, 3.8) is 0 Å². The number of hydrogen-bond acceptors (Lipinski definition) is 2. The smallest absolute Gasteiger partial charge is 0.0902 e. The molecule has 0 fully saturated rings. The van der Waals surface area contributed by atoms with Crippen LogP contribution in [0.1, 0.15) is 13.8 Å². The predicted octanol–water partition coefficient (Wildman–Crippen LogP) is 0.357. The molecule has 4 nitrogen and oxygen atoms in total. The number of nitrogens with zero attached hydrogens (tertiary/aromatic N) is 1. The minimum absolute atomic E-state index is 0. The first-order valence-electron chi connectivity index (χ1n) is 2.50. The van der Waals surface area contributed by atoms with Crippen molar-refractivity contribution in [2.24, 2.45) is 16.5 Å². The van der Waals surface area contributed by atoms with Gasteiger partial charge in [0.25, 0.3) is 0 Å². The maximum absolute atomic E-state index is 6.28. The summed E-state index contributed by atoms with van der Waals surface area (Å²) >= 11 is 0. The molecule has 0 amide bonds. The Morgan fingerprint density at radius 1 is 1.30 bits per heavy atom. The monoisotopic (exact) mass is 166 g/mol. The maximum Gasteiger partial charge on any atom is 0.0902 e. The van der Waals surface area contributed by atoms with Crippen LogP contribution in [0.5, 0.6) is 0 Å². The number of halogens is 1. The van der Waals surface area contributed by atoms with Gasteiger partial charge >= 0.3 is 0 Å². The van der Waals surface area contributed by atoms with E-state index in [1.54, 1.807) is 14.0 Å². The van der Waals surface area contributed by atoms with E-state index in [0.717, 1.165) is 0 Å². The van der Waals surface area contributed by atoms with Gasteiger partial charge in [-0.2, -0.15) is 0 Å². The minimum atomic E-state index is 0. The minimum Gasteiger partial charge on any atom is -0.388 e. The Kier molecular flexibility index (Phi) is 17.9. The van der Waals surface area contributed by atoms with Crippen LogP contribution in [0.4, 0.5) is 0 Å². The van der Waals surface area contributed by atoms with Gasteiger partial charge in [0.1, 0.15) is 0 Å². The van der Waals surface area contributed by atoms with Crippen molar-refractivity contribution in [1.29, 1.82) is 5.41 Å². The molecule has 0 saturated heterocycles. The van der Waals surface area contributed by atoms with E-state index in [1.807, 2.05) is 0 Å². The lowest BCUT2D eigenvalue weighted by Crippen LogP contribution is -2.03.